The molecule has 17 aromatic rings. The van der Waals surface area contributed by atoms with Gasteiger partial charge < -0.3 is 59.7 Å². The van der Waals surface area contributed by atoms with Crippen molar-refractivity contribution in [1.29, 1.82) is 0 Å². The Morgan fingerprint density at radius 1 is 0.519 bits per heavy atom. The molecule has 1 aliphatic rings. The fourth-order valence-corrected chi connectivity index (χ4v) is 13.9. The first kappa shape index (κ1) is 86.6. The first-order valence-electron chi connectivity index (χ1n) is 40.4. The summed E-state index contributed by atoms with van der Waals surface area (Å²) < 4.78 is 46.2. The van der Waals surface area contributed by atoms with Gasteiger partial charge in [-0.1, -0.05) is 30.3 Å². The largest absolute Gasteiger partial charge is 0.460 e. The maximum atomic E-state index is 12.8. The molecule has 0 unspecified atom stereocenters. The highest BCUT2D eigenvalue weighted by atomic mass is 32.2. The van der Waals surface area contributed by atoms with Crippen LogP contribution in [0.3, 0.4) is 0 Å². The molecule has 1 saturated carbocycles. The van der Waals surface area contributed by atoms with Crippen LogP contribution in [0.15, 0.2) is 228 Å². The third kappa shape index (κ3) is 21.3. The van der Waals surface area contributed by atoms with Gasteiger partial charge in [0, 0.05) is 126 Å². The van der Waals surface area contributed by atoms with Crippen LogP contribution in [0.1, 0.15) is 68.5 Å². The molecule has 0 aliphatic heterocycles. The molecular formula is C87H82N28O13S. The standard InChI is InChI=1S/C23H20N8O2.C22H21N5O4.C21H20N8O4.C21H21N7O3S/c1-2-24-23(33)29-22-27-18-11-15(12-19(21(18)28-22)30-10-6-9-25-30)16-13-20(32)31(26-14-16)17-7-4-3-5-8-17;1-3-24-22(29)27-21-25-16-11-14(13-6-5-9-23-12-13)10-15(19(16)26-21)17-7-8-18(31-17)20(28)30-4-2;1-2-33-21(32)26-20-24-15-8-12(29-9-16(22-10-29)19(31)23-11-3-4-11)7-13(18(15)25-20)14-5-6-17(30)28-27-14;1-3-23-21(29)27-20-25-18-10-14(13-5-4-7-22-12-13)9-16(19(18)26-20)17-11-15(6-8-24-17)28-32(2,30)31/h3-14H,2H2,1H3,(H3,24,27,28,29,33);5-12H,3-4H2,1-2H3,(H3,24,25,26,27,29);5-11H,2-4H2,1H3,(H,23,31)(H,28,30)(H2,24,25,26,32);4-12H,3H2,1-2H3,(H,24,28)(H3,23,25,26,27,29). The van der Waals surface area contributed by atoms with Crippen molar-refractivity contribution in [2.45, 2.75) is 53.5 Å². The Hall–Kier alpha value is -17.3. The van der Waals surface area contributed by atoms with Gasteiger partial charge in [0.05, 0.1) is 81.7 Å². The van der Waals surface area contributed by atoms with Crippen molar-refractivity contribution in [3.63, 3.8) is 0 Å². The zero-order valence-corrected chi connectivity index (χ0v) is 70.5. The lowest BCUT2D eigenvalue weighted by molar-refractivity contribution is 0.0490. The molecule has 12 heterocycles. The molecule has 1 aliphatic carbocycles. The number of nitrogens with one attached hydrogen (secondary N) is 14. The minimum absolute atomic E-state index is 0.105. The molecule has 41 nitrogen and oxygen atoms in total. The number of carbonyl (C=O) groups is 6. The second-order valence-corrected chi connectivity index (χ2v) is 30.2. The first-order chi connectivity index (χ1) is 62.5. The molecule has 0 atom stereocenters. The van der Waals surface area contributed by atoms with E-state index in [0.717, 1.165) is 46.9 Å². The van der Waals surface area contributed by atoms with E-state index in [1.807, 2.05) is 124 Å². The van der Waals surface area contributed by atoms with Crippen molar-refractivity contribution >= 4 is 120 Å². The predicted octanol–water partition coefficient (Wildman–Crippen LogP) is 12.5. The van der Waals surface area contributed by atoms with Gasteiger partial charge in [0.1, 0.15) is 34.3 Å². The van der Waals surface area contributed by atoms with Gasteiger partial charge in [-0.25, -0.2) is 67.1 Å². The molecule has 129 heavy (non-hydrogen) atoms. The average molecular weight is 1760 g/mol. The number of rotatable bonds is 23. The number of esters is 1. The number of carbonyl (C=O) groups excluding carboxylic acids is 6. The van der Waals surface area contributed by atoms with Crippen molar-refractivity contribution in [3.8, 4) is 84.3 Å². The van der Waals surface area contributed by atoms with E-state index in [0.29, 0.717) is 144 Å². The third-order valence-electron chi connectivity index (χ3n) is 19.1. The van der Waals surface area contributed by atoms with Crippen LogP contribution < -0.4 is 58.4 Å². The zero-order chi connectivity index (χ0) is 90.2. The van der Waals surface area contributed by atoms with Crippen LogP contribution >= 0.6 is 0 Å². The van der Waals surface area contributed by atoms with Crippen LogP contribution in [0.4, 0.5) is 48.7 Å². The number of hydrogen-bond donors (Lipinski definition) is 14. The highest BCUT2D eigenvalue weighted by Crippen LogP contribution is 2.38. The van der Waals surface area contributed by atoms with Crippen LogP contribution in [0.25, 0.3) is 128 Å². The number of imidazole rings is 5. The molecule has 12 aromatic heterocycles. The topological polar surface area (TPSA) is 546 Å². The number of amides is 8. The van der Waals surface area contributed by atoms with E-state index in [-0.39, 0.29) is 72.0 Å². The van der Waals surface area contributed by atoms with Gasteiger partial charge in [-0.2, -0.15) is 20.0 Å². The van der Waals surface area contributed by atoms with Crippen molar-refractivity contribution in [3.05, 3.63) is 246 Å². The lowest BCUT2D eigenvalue weighted by Gasteiger charge is -2.09. The van der Waals surface area contributed by atoms with Crippen molar-refractivity contribution < 1.29 is 51.1 Å². The fourth-order valence-electron chi connectivity index (χ4n) is 13.3. The predicted molar refractivity (Wildman–Crippen MR) is 482 cm³/mol. The summed E-state index contributed by atoms with van der Waals surface area (Å²) in [6.45, 7) is 10.9. The smallest absolute Gasteiger partial charge is 0.413 e. The summed E-state index contributed by atoms with van der Waals surface area (Å²) in [5.74, 6) is 0.878. The van der Waals surface area contributed by atoms with E-state index in [1.54, 1.807) is 115 Å². The molecule has 654 valence electrons. The van der Waals surface area contributed by atoms with Crippen molar-refractivity contribution in [2.75, 3.05) is 65.1 Å². The van der Waals surface area contributed by atoms with Crippen molar-refractivity contribution in [1.82, 2.24) is 115 Å². The summed E-state index contributed by atoms with van der Waals surface area (Å²) in [6.07, 6.45) is 19.1. The van der Waals surface area contributed by atoms with Crippen LogP contribution in [-0.4, -0.2) is 184 Å². The maximum Gasteiger partial charge on any atom is 0.413 e. The minimum Gasteiger partial charge on any atom is -0.460 e. The molecule has 14 N–H and O–H groups in total. The zero-order valence-electron chi connectivity index (χ0n) is 69.7. The van der Waals surface area contributed by atoms with E-state index in [9.17, 15) is 46.8 Å². The maximum absolute atomic E-state index is 12.8. The molecule has 18 rings (SSSR count). The monoisotopic (exact) mass is 1760 g/mol. The summed E-state index contributed by atoms with van der Waals surface area (Å²) in [7, 11) is -3.45. The van der Waals surface area contributed by atoms with E-state index in [1.165, 1.54) is 23.0 Å². The number of H-pyrrole nitrogens is 5. The molecule has 8 amide bonds. The van der Waals surface area contributed by atoms with Crippen molar-refractivity contribution in [2.24, 2.45) is 0 Å². The number of ether oxygens (including phenoxy) is 2. The minimum atomic E-state index is -3.45. The number of aromatic nitrogens is 19. The van der Waals surface area contributed by atoms with Gasteiger partial charge in [-0.05, 0) is 173 Å². The Kier molecular flexibility index (Phi) is 26.2. The van der Waals surface area contributed by atoms with Crippen LogP contribution in [-0.2, 0) is 19.5 Å². The summed E-state index contributed by atoms with van der Waals surface area (Å²) in [5.41, 5.74) is 15.0. The number of urea groups is 3. The number of nitrogens with zero attached hydrogens (tertiary/aromatic N) is 14. The number of pyridine rings is 3. The van der Waals surface area contributed by atoms with Crippen LogP contribution in [0.2, 0.25) is 0 Å². The SMILES string of the molecule is CCNC(=O)Nc1nc2c(-c3cc(NS(C)(=O)=O)ccn3)cc(-c3cccnc3)cc2[nH]1.CCNC(=O)Nc1nc2c(-c3ccc(C(=O)OCC)o3)cc(-c3cccnc3)cc2[nH]1.CCNC(=O)Nc1nc2c(-n3cccn3)cc(-c3cnn(-c4ccccc4)c(=O)c3)cc2[nH]1.CCOC(=O)Nc1nc2c(-c3ccc(=O)[nH]n3)cc(-n3cnc(C(=O)NC4CC4)c3)cc2[nH]1. The Bertz CT molecular complexity index is 7200. The number of fused-ring (bicyclic) bond motifs is 4. The molecule has 1 fully saturated rings. The summed E-state index contributed by atoms with van der Waals surface area (Å²) in [5, 5.41) is 36.7. The quantitative estimate of drug-likeness (QED) is 0.0264. The van der Waals surface area contributed by atoms with Crippen LogP contribution in [0, 0.1) is 0 Å². The summed E-state index contributed by atoms with van der Waals surface area (Å²) >= 11 is 0. The van der Waals surface area contributed by atoms with Crippen LogP contribution in [0.5, 0.6) is 0 Å². The van der Waals surface area contributed by atoms with Gasteiger partial charge in [-0.3, -0.25) is 55.3 Å². The second-order valence-electron chi connectivity index (χ2n) is 28.4. The Morgan fingerprint density at radius 3 is 1.66 bits per heavy atom. The lowest BCUT2D eigenvalue weighted by Crippen LogP contribution is -2.28. The lowest BCUT2D eigenvalue weighted by atomic mass is 10.0. The van der Waals surface area contributed by atoms with E-state index >= 15 is 0 Å². The number of anilines is 5. The fraction of sp³-hybridized carbons (Fsp3) is 0.161. The Morgan fingerprint density at radius 2 is 1.10 bits per heavy atom. The molecule has 0 saturated heterocycles. The normalized spacial score (nSPS) is 11.6. The molecule has 0 spiro atoms. The summed E-state index contributed by atoms with van der Waals surface area (Å²) in [6, 6.07) is 43.7. The summed E-state index contributed by atoms with van der Waals surface area (Å²) in [4.78, 5) is 144. The van der Waals surface area contributed by atoms with Gasteiger partial charge in [0.15, 0.2) is 0 Å². The highest BCUT2D eigenvalue weighted by Gasteiger charge is 2.27. The number of benzene rings is 5. The van der Waals surface area contributed by atoms with E-state index < -0.39 is 22.1 Å². The Balaban J connectivity index is 0.000000132. The van der Waals surface area contributed by atoms with Gasteiger partial charge >= 0.3 is 30.2 Å². The molecule has 0 bridgehead atoms. The number of furan rings is 1. The molecular weight excluding hydrogens is 1680 g/mol. The number of sulfonamides is 1. The van der Waals surface area contributed by atoms with E-state index in [4.69, 9.17) is 13.9 Å². The highest BCUT2D eigenvalue weighted by molar-refractivity contribution is 7.92. The van der Waals surface area contributed by atoms with E-state index in [2.05, 4.69) is 127 Å². The van der Waals surface area contributed by atoms with Gasteiger partial charge in [-0.15, -0.1) is 0 Å². The van der Waals surface area contributed by atoms with Gasteiger partial charge in [0.2, 0.25) is 39.6 Å². The average Bonchev–Trinajstić information content (AvgIpc) is 1.67. The van der Waals surface area contributed by atoms with Gasteiger partial charge in [0.25, 0.3) is 17.0 Å². The Labute approximate surface area is 731 Å². The molecule has 5 aromatic carbocycles. The first-order valence-corrected chi connectivity index (χ1v) is 42.2. The molecule has 42 heteroatoms. The third-order valence-corrected chi connectivity index (χ3v) is 19.7. The number of hydrogen-bond acceptors (Lipinski definition) is 24. The number of aromatic amines is 5. The molecule has 0 radical (unpaired) electrons. The number of para-hydroxylation sites is 1. The second kappa shape index (κ2) is 39.0.